The summed E-state index contributed by atoms with van der Waals surface area (Å²) in [6, 6.07) is 2.67. The van der Waals surface area contributed by atoms with E-state index in [1.54, 1.807) is 20.8 Å². The Labute approximate surface area is 123 Å². The molecule has 0 atom stereocenters. The van der Waals surface area contributed by atoms with Crippen molar-refractivity contribution in [2.45, 2.75) is 26.4 Å². The molecule has 0 saturated carbocycles. The summed E-state index contributed by atoms with van der Waals surface area (Å²) in [6.07, 6.45) is 0. The zero-order chi connectivity index (χ0) is 16.2. The van der Waals surface area contributed by atoms with Gasteiger partial charge in [0.2, 0.25) is 0 Å². The van der Waals surface area contributed by atoms with Crippen molar-refractivity contribution in [1.82, 2.24) is 0 Å². The number of hydrogen-bond acceptors (Lipinski definition) is 7. The zero-order valence-corrected chi connectivity index (χ0v) is 12.7. The summed E-state index contributed by atoms with van der Waals surface area (Å²) in [5.41, 5.74) is -0.585. The summed E-state index contributed by atoms with van der Waals surface area (Å²) < 4.78 is 20.3. The van der Waals surface area contributed by atoms with E-state index in [1.807, 2.05) is 0 Å². The fraction of sp³-hybridized carbons (Fsp3) is 0.462. The van der Waals surface area contributed by atoms with Crippen molar-refractivity contribution in [2.75, 3.05) is 14.2 Å². The Balaban J connectivity index is 3.26. The molecule has 0 aliphatic heterocycles. The summed E-state index contributed by atoms with van der Waals surface area (Å²) in [5.74, 6) is -0.267. The van der Waals surface area contributed by atoms with Crippen LogP contribution in [0.2, 0.25) is 0 Å². The number of benzene rings is 1. The first-order chi connectivity index (χ1) is 9.67. The van der Waals surface area contributed by atoms with Gasteiger partial charge in [0.25, 0.3) is 0 Å². The molecular formula is C13H19BO7. The van der Waals surface area contributed by atoms with Crippen LogP contribution in [0.1, 0.15) is 31.1 Å². The monoisotopic (exact) mass is 298 g/mol. The van der Waals surface area contributed by atoms with E-state index in [0.717, 1.165) is 0 Å². The molecule has 1 aromatic carbocycles. The van der Waals surface area contributed by atoms with Gasteiger partial charge in [-0.2, -0.15) is 0 Å². The maximum Gasteiger partial charge on any atom is 0.707 e. The molecule has 8 heteroatoms. The van der Waals surface area contributed by atoms with E-state index in [2.05, 4.69) is 0 Å². The van der Waals surface area contributed by atoms with Gasteiger partial charge in [0, 0.05) is 12.1 Å². The third kappa shape index (κ3) is 4.84. The number of ether oxygens (including phenoxy) is 3. The summed E-state index contributed by atoms with van der Waals surface area (Å²) in [4.78, 5) is 12.2. The van der Waals surface area contributed by atoms with Gasteiger partial charge in [0.15, 0.2) is 0 Å². The second-order valence-electron chi connectivity index (χ2n) is 5.15. The lowest BCUT2D eigenvalue weighted by Gasteiger charge is -2.21. The highest BCUT2D eigenvalue weighted by atomic mass is 16.6. The molecule has 21 heavy (non-hydrogen) atoms. The van der Waals surface area contributed by atoms with Crippen LogP contribution in [0.3, 0.4) is 0 Å². The highest BCUT2D eigenvalue weighted by Gasteiger charge is 2.26. The normalized spacial score (nSPS) is 10.8. The van der Waals surface area contributed by atoms with Crippen molar-refractivity contribution in [3.8, 4) is 17.2 Å². The molecule has 0 radical (unpaired) electrons. The predicted molar refractivity (Wildman–Crippen MR) is 75.5 cm³/mol. The van der Waals surface area contributed by atoms with E-state index in [1.165, 1.54) is 26.4 Å². The topological polar surface area (TPSA) is 94.5 Å². The van der Waals surface area contributed by atoms with Crippen LogP contribution >= 0.6 is 0 Å². The molecule has 1 rings (SSSR count). The number of methoxy groups -OCH3 is 2. The van der Waals surface area contributed by atoms with Gasteiger partial charge in [-0.1, -0.05) is 0 Å². The molecule has 0 spiro atoms. The lowest BCUT2D eigenvalue weighted by molar-refractivity contribution is 0.00634. The Kier molecular flexibility index (Phi) is 5.45. The maximum atomic E-state index is 12.2. The Morgan fingerprint density at radius 3 is 1.90 bits per heavy atom. The van der Waals surface area contributed by atoms with Crippen molar-refractivity contribution in [3.05, 3.63) is 17.7 Å². The number of carbonyl (C=O) groups is 1. The van der Waals surface area contributed by atoms with E-state index < -0.39 is 18.9 Å². The van der Waals surface area contributed by atoms with E-state index >= 15 is 0 Å². The quantitative estimate of drug-likeness (QED) is 0.618. The largest absolute Gasteiger partial charge is 0.707 e. The van der Waals surface area contributed by atoms with Crippen LogP contribution in [0, 0.1) is 0 Å². The minimum Gasteiger partial charge on any atom is -0.512 e. The molecule has 7 nitrogen and oxygen atoms in total. The van der Waals surface area contributed by atoms with Crippen LogP contribution in [-0.2, 0) is 4.74 Å². The van der Waals surface area contributed by atoms with Gasteiger partial charge in [0.05, 0.1) is 14.2 Å². The van der Waals surface area contributed by atoms with Gasteiger partial charge < -0.3 is 28.9 Å². The lowest BCUT2D eigenvalue weighted by atomic mass is 10.1. The van der Waals surface area contributed by atoms with Crippen molar-refractivity contribution >= 4 is 13.3 Å². The van der Waals surface area contributed by atoms with Crippen molar-refractivity contribution < 1.29 is 33.7 Å². The molecule has 0 aliphatic carbocycles. The Bertz CT molecular complexity index is 483. The predicted octanol–water partition coefficient (Wildman–Crippen LogP) is 1.01. The molecule has 0 heterocycles. The van der Waals surface area contributed by atoms with Gasteiger partial charge in [-0.05, 0) is 20.8 Å². The fourth-order valence-electron chi connectivity index (χ4n) is 1.61. The molecule has 0 saturated heterocycles. The van der Waals surface area contributed by atoms with E-state index in [0.29, 0.717) is 0 Å². The van der Waals surface area contributed by atoms with Crippen LogP contribution in [0.25, 0.3) is 0 Å². The van der Waals surface area contributed by atoms with Gasteiger partial charge >= 0.3 is 13.3 Å². The van der Waals surface area contributed by atoms with E-state index in [-0.39, 0.29) is 22.8 Å². The summed E-state index contributed by atoms with van der Waals surface area (Å²) in [5, 5.41) is 17.6. The molecule has 116 valence electrons. The average molecular weight is 298 g/mol. The highest BCUT2D eigenvalue weighted by molar-refractivity contribution is 6.33. The van der Waals surface area contributed by atoms with Crippen molar-refractivity contribution in [2.24, 2.45) is 0 Å². The van der Waals surface area contributed by atoms with Crippen LogP contribution in [0.15, 0.2) is 12.1 Å². The summed E-state index contributed by atoms with van der Waals surface area (Å²) in [6.45, 7) is 5.22. The standard InChI is InChI=1S/C13H19BO7/c1-13(2,3)20-12(15)11-9(18-4)6-8(21-14(16)17)7-10(11)19-5/h6-7,16-17H,1-5H3. The second kappa shape index (κ2) is 6.69. The second-order valence-corrected chi connectivity index (χ2v) is 5.15. The first-order valence-corrected chi connectivity index (χ1v) is 6.20. The first kappa shape index (κ1) is 17.1. The molecule has 0 amide bonds. The molecular weight excluding hydrogens is 279 g/mol. The van der Waals surface area contributed by atoms with Gasteiger partial charge in [0.1, 0.15) is 28.4 Å². The smallest absolute Gasteiger partial charge is 0.512 e. The Hall–Kier alpha value is -1.93. The minimum absolute atomic E-state index is 0.0750. The molecule has 0 unspecified atom stereocenters. The van der Waals surface area contributed by atoms with E-state index in [4.69, 9.17) is 28.9 Å². The van der Waals surface area contributed by atoms with Crippen LogP contribution in [0.4, 0.5) is 0 Å². The zero-order valence-electron chi connectivity index (χ0n) is 12.7. The van der Waals surface area contributed by atoms with Gasteiger partial charge in [-0.3, -0.25) is 0 Å². The average Bonchev–Trinajstić information content (AvgIpc) is 2.34. The SMILES string of the molecule is COc1cc(OB(O)O)cc(OC)c1C(=O)OC(C)(C)C. The number of carbonyl (C=O) groups excluding carboxylic acids is 1. The number of esters is 1. The lowest BCUT2D eigenvalue weighted by Crippen LogP contribution is -2.25. The van der Waals surface area contributed by atoms with Crippen LogP contribution in [-0.4, -0.2) is 43.2 Å². The maximum absolute atomic E-state index is 12.2. The summed E-state index contributed by atoms with van der Waals surface area (Å²) in [7, 11) is 0.732. The van der Waals surface area contributed by atoms with Gasteiger partial charge in [-0.25, -0.2) is 4.79 Å². The molecule has 0 aromatic heterocycles. The molecule has 0 bridgehead atoms. The fourth-order valence-corrected chi connectivity index (χ4v) is 1.61. The molecule has 1 aromatic rings. The Morgan fingerprint density at radius 1 is 1.10 bits per heavy atom. The van der Waals surface area contributed by atoms with E-state index in [9.17, 15) is 4.79 Å². The third-order valence-corrected chi connectivity index (χ3v) is 2.32. The van der Waals surface area contributed by atoms with Crippen LogP contribution in [0.5, 0.6) is 17.2 Å². The van der Waals surface area contributed by atoms with Gasteiger partial charge in [-0.15, -0.1) is 0 Å². The molecule has 2 N–H and O–H groups in total. The molecule has 0 aliphatic rings. The van der Waals surface area contributed by atoms with Crippen molar-refractivity contribution in [3.63, 3.8) is 0 Å². The highest BCUT2D eigenvalue weighted by Crippen LogP contribution is 2.35. The molecule has 0 fully saturated rings. The van der Waals surface area contributed by atoms with Crippen molar-refractivity contribution in [1.29, 1.82) is 0 Å². The number of hydrogen-bond donors (Lipinski definition) is 2. The van der Waals surface area contributed by atoms with Crippen LogP contribution < -0.4 is 14.1 Å². The summed E-state index contributed by atoms with van der Waals surface area (Å²) >= 11 is 0. The number of rotatable bonds is 5. The third-order valence-electron chi connectivity index (χ3n) is 2.32. The minimum atomic E-state index is -1.99. The Morgan fingerprint density at radius 2 is 1.57 bits per heavy atom. The first-order valence-electron chi connectivity index (χ1n) is 6.20.